The van der Waals surface area contributed by atoms with Crippen LogP contribution in [-0.2, 0) is 17.2 Å². The SMILES string of the molecule is CN(C)C(=O)OC[n+]1cccc([C@H]2SCc3c(C(=O)c4cn(C(=O)N(C)C)c5cc(-c6ccc(F)cc6)ccc45)ccn32)c1.[Cl-]. The van der Waals surface area contributed by atoms with Crippen LogP contribution in [0.5, 0.6) is 0 Å². The topological polar surface area (TPSA) is 80.7 Å². The first-order chi connectivity index (χ1) is 21.1. The molecule has 0 saturated heterocycles. The second kappa shape index (κ2) is 12.8. The molecule has 12 heteroatoms. The number of ether oxygens (including phenoxy) is 1. The number of hydrogen-bond donors (Lipinski definition) is 0. The molecule has 2 aromatic carbocycles. The highest BCUT2D eigenvalue weighted by Gasteiger charge is 2.31. The van der Waals surface area contributed by atoms with Crippen LogP contribution in [0.4, 0.5) is 14.0 Å². The van der Waals surface area contributed by atoms with Gasteiger partial charge in [-0.1, -0.05) is 24.3 Å². The molecule has 0 spiro atoms. The van der Waals surface area contributed by atoms with Crippen LogP contribution in [0.1, 0.15) is 32.6 Å². The summed E-state index contributed by atoms with van der Waals surface area (Å²) < 4.78 is 24.3. The molecular formula is C33H31ClFN5O4S. The zero-order chi connectivity index (χ0) is 31.1. The van der Waals surface area contributed by atoms with Crippen LogP contribution >= 0.6 is 11.8 Å². The molecule has 0 radical (unpaired) electrons. The maximum Gasteiger partial charge on any atom is 0.414 e. The molecular weight excluding hydrogens is 617 g/mol. The van der Waals surface area contributed by atoms with E-state index in [1.54, 1.807) is 58.3 Å². The first kappa shape index (κ1) is 31.8. The van der Waals surface area contributed by atoms with Gasteiger partial charge in [-0.15, -0.1) is 11.8 Å². The molecule has 1 aliphatic heterocycles. The van der Waals surface area contributed by atoms with E-state index in [0.717, 1.165) is 22.4 Å². The van der Waals surface area contributed by atoms with Crippen LogP contribution < -0.4 is 17.0 Å². The van der Waals surface area contributed by atoms with E-state index in [0.29, 0.717) is 27.8 Å². The summed E-state index contributed by atoms with van der Waals surface area (Å²) in [6.45, 7) is 0.0864. The summed E-state index contributed by atoms with van der Waals surface area (Å²) in [5.41, 5.74) is 5.14. The van der Waals surface area contributed by atoms with Gasteiger partial charge in [-0.25, -0.2) is 14.0 Å². The summed E-state index contributed by atoms with van der Waals surface area (Å²) in [5, 5.41) is 0.605. The predicted molar refractivity (Wildman–Crippen MR) is 166 cm³/mol. The third-order valence-corrected chi connectivity index (χ3v) is 8.84. The molecule has 9 nitrogen and oxygen atoms in total. The summed E-state index contributed by atoms with van der Waals surface area (Å²) >= 11 is 1.70. The highest BCUT2D eigenvalue weighted by atomic mass is 35.5. The highest BCUT2D eigenvalue weighted by Crippen LogP contribution is 2.42. The van der Waals surface area contributed by atoms with E-state index >= 15 is 0 Å². The number of fused-ring (bicyclic) bond motifs is 2. The molecule has 2 amide bonds. The number of rotatable bonds is 6. The minimum atomic E-state index is -0.422. The molecule has 5 aromatic rings. The van der Waals surface area contributed by atoms with E-state index < -0.39 is 6.09 Å². The number of thioether (sulfide) groups is 1. The molecule has 0 N–H and O–H groups in total. The molecule has 0 fully saturated rings. The Labute approximate surface area is 270 Å². The Kier molecular flexibility index (Phi) is 9.03. The van der Waals surface area contributed by atoms with Crippen molar-refractivity contribution in [1.82, 2.24) is 18.9 Å². The van der Waals surface area contributed by atoms with Gasteiger partial charge in [0.25, 0.3) is 6.73 Å². The highest BCUT2D eigenvalue weighted by molar-refractivity contribution is 7.99. The lowest BCUT2D eigenvalue weighted by Crippen LogP contribution is -3.00. The molecule has 3 aromatic heterocycles. The number of nitrogens with zero attached hydrogens (tertiary/aromatic N) is 5. The molecule has 0 unspecified atom stereocenters. The smallest absolute Gasteiger partial charge is 0.414 e. The lowest BCUT2D eigenvalue weighted by atomic mass is 10.00. The fraction of sp³-hybridized carbons (Fsp3) is 0.212. The normalized spacial score (nSPS) is 13.7. The van der Waals surface area contributed by atoms with Crippen LogP contribution in [0.25, 0.3) is 22.0 Å². The first-order valence-electron chi connectivity index (χ1n) is 13.9. The minimum Gasteiger partial charge on any atom is -1.00 e. The Balaban J connectivity index is 0.00000400. The summed E-state index contributed by atoms with van der Waals surface area (Å²) in [7, 11) is 6.59. The predicted octanol–water partition coefficient (Wildman–Crippen LogP) is 2.75. The van der Waals surface area contributed by atoms with Crippen molar-refractivity contribution in [3.8, 4) is 11.1 Å². The zero-order valence-corrected chi connectivity index (χ0v) is 26.7. The second-order valence-electron chi connectivity index (χ2n) is 11.0. The van der Waals surface area contributed by atoms with Gasteiger partial charge in [0.1, 0.15) is 11.2 Å². The Hall–Kier alpha value is -4.61. The van der Waals surface area contributed by atoms with Gasteiger partial charge in [0.15, 0.2) is 18.2 Å². The number of ketones is 1. The number of aromatic nitrogens is 3. The van der Waals surface area contributed by atoms with Crippen molar-refractivity contribution in [3.05, 3.63) is 114 Å². The standard InChI is InChI=1S/C33H31FN5O4S.ClH/c1-35(2)32(41)39-18-27(25-12-9-22(16-28(25)39)21-7-10-24(34)11-8-21)30(40)26-13-15-38-29(26)19-44-31(38)23-6-5-14-37(17-23)20-43-33(42)36(3)4;/h5-18,31H,19-20H2,1-4H3;1H/q+1;/p-1/t31-;/m1./s1. The minimum absolute atomic E-state index is 0. The summed E-state index contributed by atoms with van der Waals surface area (Å²) in [6.07, 6.45) is 6.89. The number of carbonyl (C=O) groups excluding carboxylic acids is 3. The maximum atomic E-state index is 14.1. The van der Waals surface area contributed by atoms with Gasteiger partial charge in [-0.2, -0.15) is 4.57 Å². The molecule has 0 aliphatic carbocycles. The van der Waals surface area contributed by atoms with Gasteiger partial charge >= 0.3 is 12.1 Å². The number of carbonyl (C=O) groups is 3. The van der Waals surface area contributed by atoms with Gasteiger partial charge in [0, 0.05) is 80.2 Å². The molecule has 4 heterocycles. The Morgan fingerprint density at radius 3 is 2.42 bits per heavy atom. The monoisotopic (exact) mass is 647 g/mol. The Morgan fingerprint density at radius 2 is 1.71 bits per heavy atom. The number of hydrogen-bond acceptors (Lipinski definition) is 5. The lowest BCUT2D eigenvalue weighted by Gasteiger charge is -2.12. The average molecular weight is 648 g/mol. The largest absolute Gasteiger partial charge is 1.00 e. The van der Waals surface area contributed by atoms with Crippen molar-refractivity contribution in [2.24, 2.45) is 0 Å². The van der Waals surface area contributed by atoms with Crippen molar-refractivity contribution >= 4 is 40.6 Å². The second-order valence-corrected chi connectivity index (χ2v) is 12.1. The first-order valence-corrected chi connectivity index (χ1v) is 15.0. The summed E-state index contributed by atoms with van der Waals surface area (Å²) in [6, 6.07) is 17.2. The number of benzene rings is 2. The van der Waals surface area contributed by atoms with Crippen LogP contribution in [0, 0.1) is 5.82 Å². The molecule has 0 bridgehead atoms. The lowest BCUT2D eigenvalue weighted by molar-refractivity contribution is -0.727. The van der Waals surface area contributed by atoms with Crippen molar-refractivity contribution in [2.45, 2.75) is 17.9 Å². The van der Waals surface area contributed by atoms with Gasteiger partial charge in [0.05, 0.1) is 5.52 Å². The third-order valence-electron chi connectivity index (χ3n) is 7.58. The van der Waals surface area contributed by atoms with Crippen LogP contribution in [0.2, 0.25) is 0 Å². The molecule has 0 saturated carbocycles. The Bertz CT molecular complexity index is 1920. The van der Waals surface area contributed by atoms with E-state index in [-0.39, 0.29) is 42.1 Å². The average Bonchev–Trinajstić information content (AvgIpc) is 3.73. The summed E-state index contributed by atoms with van der Waals surface area (Å²) in [4.78, 5) is 42.0. The van der Waals surface area contributed by atoms with E-state index in [2.05, 4.69) is 4.57 Å². The van der Waals surface area contributed by atoms with Gasteiger partial charge in [-0.05, 0) is 41.5 Å². The van der Waals surface area contributed by atoms with E-state index in [1.165, 1.54) is 26.5 Å². The molecule has 1 atom stereocenters. The van der Waals surface area contributed by atoms with E-state index in [1.807, 2.05) is 59.6 Å². The fourth-order valence-electron chi connectivity index (χ4n) is 5.33. The number of halogens is 2. The van der Waals surface area contributed by atoms with E-state index in [9.17, 15) is 18.8 Å². The van der Waals surface area contributed by atoms with Crippen molar-refractivity contribution in [3.63, 3.8) is 0 Å². The van der Waals surface area contributed by atoms with Crippen LogP contribution in [-0.4, -0.2) is 65.0 Å². The summed E-state index contributed by atoms with van der Waals surface area (Å²) in [5.74, 6) is 0.141. The van der Waals surface area contributed by atoms with Crippen LogP contribution in [0.15, 0.2) is 85.5 Å². The molecule has 1 aliphatic rings. The molecule has 6 rings (SSSR count). The maximum absolute atomic E-state index is 14.1. The van der Waals surface area contributed by atoms with Crippen LogP contribution in [0.3, 0.4) is 0 Å². The number of amides is 2. The van der Waals surface area contributed by atoms with Gasteiger partial charge < -0.3 is 31.5 Å². The zero-order valence-electron chi connectivity index (χ0n) is 25.1. The Morgan fingerprint density at radius 1 is 0.978 bits per heavy atom. The van der Waals surface area contributed by atoms with Crippen molar-refractivity contribution < 1.29 is 40.5 Å². The molecule has 45 heavy (non-hydrogen) atoms. The van der Waals surface area contributed by atoms with E-state index in [4.69, 9.17) is 4.74 Å². The molecule has 232 valence electrons. The third kappa shape index (κ3) is 6.05. The number of pyridine rings is 1. The van der Waals surface area contributed by atoms with Crippen molar-refractivity contribution in [2.75, 3.05) is 28.2 Å². The fourth-order valence-corrected chi connectivity index (χ4v) is 6.64. The van der Waals surface area contributed by atoms with Crippen molar-refractivity contribution in [1.29, 1.82) is 0 Å². The van der Waals surface area contributed by atoms with Gasteiger partial charge in [-0.3, -0.25) is 9.36 Å². The quantitative estimate of drug-likeness (QED) is 0.209. The van der Waals surface area contributed by atoms with Gasteiger partial charge in [0.2, 0.25) is 0 Å².